The zero-order valence-corrected chi connectivity index (χ0v) is 8.41. The van der Waals surface area contributed by atoms with Gasteiger partial charge >= 0.3 is 0 Å². The van der Waals surface area contributed by atoms with Crippen LogP contribution >= 0.6 is 0 Å². The number of methoxy groups -OCH3 is 1. The smallest absolute Gasteiger partial charge is 0.299 e. The molecule has 0 bridgehead atoms. The van der Waals surface area contributed by atoms with Crippen LogP contribution in [0, 0.1) is 10.1 Å². The van der Waals surface area contributed by atoms with Crippen molar-refractivity contribution in [3.05, 3.63) is 40.6 Å². The molecule has 1 aromatic carbocycles. The van der Waals surface area contributed by atoms with E-state index in [4.69, 9.17) is 4.74 Å². The SMILES string of the molecule is COc1ccnc2ccc(O[N+](=O)[O-])cc12. The molecule has 0 unspecified atom stereocenters. The van der Waals surface area contributed by atoms with E-state index in [-0.39, 0.29) is 5.75 Å². The van der Waals surface area contributed by atoms with Gasteiger partial charge in [-0.15, -0.1) is 10.1 Å². The standard InChI is InChI=1S/C10H8N2O4/c1-15-10-4-5-11-9-3-2-7(6-8(9)10)16-12(13)14/h2-6H,1H3. The topological polar surface area (TPSA) is 74.5 Å². The minimum atomic E-state index is -0.857. The summed E-state index contributed by atoms with van der Waals surface area (Å²) in [4.78, 5) is 18.7. The van der Waals surface area contributed by atoms with Crippen molar-refractivity contribution in [2.75, 3.05) is 7.11 Å². The first-order chi connectivity index (χ1) is 7.70. The van der Waals surface area contributed by atoms with Crippen LogP contribution in [0.5, 0.6) is 11.5 Å². The molecule has 6 heteroatoms. The number of pyridine rings is 1. The maximum Gasteiger partial charge on any atom is 0.299 e. The average molecular weight is 220 g/mol. The first kappa shape index (κ1) is 10.2. The Morgan fingerprint density at radius 1 is 1.38 bits per heavy atom. The Balaban J connectivity index is 2.54. The normalized spacial score (nSPS) is 10.1. The van der Waals surface area contributed by atoms with Gasteiger partial charge in [-0.1, -0.05) is 0 Å². The zero-order chi connectivity index (χ0) is 11.5. The molecular weight excluding hydrogens is 212 g/mol. The Morgan fingerprint density at radius 3 is 2.88 bits per heavy atom. The highest BCUT2D eigenvalue weighted by Crippen LogP contribution is 2.27. The van der Waals surface area contributed by atoms with Gasteiger partial charge in [0.05, 0.1) is 12.6 Å². The molecule has 6 nitrogen and oxygen atoms in total. The van der Waals surface area contributed by atoms with Crippen LogP contribution in [-0.2, 0) is 0 Å². The van der Waals surface area contributed by atoms with Gasteiger partial charge in [-0.05, 0) is 24.3 Å². The molecule has 0 aliphatic carbocycles. The third-order valence-electron chi connectivity index (χ3n) is 2.07. The summed E-state index contributed by atoms with van der Waals surface area (Å²) in [5.74, 6) is 0.739. The van der Waals surface area contributed by atoms with E-state index in [0.29, 0.717) is 16.7 Å². The molecule has 0 radical (unpaired) electrons. The monoisotopic (exact) mass is 220 g/mol. The number of hydrogen-bond donors (Lipinski definition) is 0. The summed E-state index contributed by atoms with van der Waals surface area (Å²) in [5, 5.41) is 10.0. The van der Waals surface area contributed by atoms with Gasteiger partial charge in [-0.25, -0.2) is 0 Å². The summed E-state index contributed by atoms with van der Waals surface area (Å²) in [5.41, 5.74) is 0.690. The van der Waals surface area contributed by atoms with Gasteiger partial charge in [-0.3, -0.25) is 9.82 Å². The van der Waals surface area contributed by atoms with Gasteiger partial charge in [0.25, 0.3) is 5.09 Å². The highest BCUT2D eigenvalue weighted by molar-refractivity contribution is 5.86. The van der Waals surface area contributed by atoms with E-state index in [1.165, 1.54) is 19.2 Å². The van der Waals surface area contributed by atoms with E-state index in [1.54, 1.807) is 18.3 Å². The summed E-state index contributed by atoms with van der Waals surface area (Å²) in [7, 11) is 1.52. The fraction of sp³-hybridized carbons (Fsp3) is 0.100. The van der Waals surface area contributed by atoms with Gasteiger partial charge in [0.2, 0.25) is 0 Å². The van der Waals surface area contributed by atoms with Gasteiger partial charge in [0.1, 0.15) is 11.5 Å². The molecule has 1 aromatic heterocycles. The quantitative estimate of drug-likeness (QED) is 0.582. The molecule has 1 heterocycles. The molecule has 0 atom stereocenters. The maximum absolute atomic E-state index is 10.2. The molecule has 2 aromatic rings. The van der Waals surface area contributed by atoms with Crippen LogP contribution in [0.25, 0.3) is 10.9 Å². The van der Waals surface area contributed by atoms with Crippen molar-refractivity contribution >= 4 is 10.9 Å². The number of aromatic nitrogens is 1. The van der Waals surface area contributed by atoms with E-state index in [1.807, 2.05) is 0 Å². The number of rotatable bonds is 3. The molecule has 0 N–H and O–H groups in total. The van der Waals surface area contributed by atoms with Gasteiger partial charge in [0, 0.05) is 11.6 Å². The molecular formula is C10H8N2O4. The van der Waals surface area contributed by atoms with Crippen LogP contribution in [0.1, 0.15) is 0 Å². The number of benzene rings is 1. The highest BCUT2D eigenvalue weighted by Gasteiger charge is 2.05. The maximum atomic E-state index is 10.2. The van der Waals surface area contributed by atoms with Gasteiger partial charge in [0.15, 0.2) is 0 Å². The number of fused-ring (bicyclic) bond motifs is 1. The lowest BCUT2D eigenvalue weighted by molar-refractivity contribution is -0.711. The van der Waals surface area contributed by atoms with E-state index in [0.717, 1.165) is 0 Å². The molecule has 0 saturated heterocycles. The summed E-state index contributed by atoms with van der Waals surface area (Å²) in [6.07, 6.45) is 1.61. The van der Waals surface area contributed by atoms with Crippen LogP contribution in [0.15, 0.2) is 30.5 Å². The van der Waals surface area contributed by atoms with Crippen LogP contribution < -0.4 is 9.57 Å². The summed E-state index contributed by atoms with van der Waals surface area (Å²) >= 11 is 0. The molecule has 0 spiro atoms. The zero-order valence-electron chi connectivity index (χ0n) is 8.41. The predicted octanol–water partition coefficient (Wildman–Crippen LogP) is 1.81. The summed E-state index contributed by atoms with van der Waals surface area (Å²) in [6, 6.07) is 6.32. The minimum absolute atomic E-state index is 0.142. The van der Waals surface area contributed by atoms with E-state index in [2.05, 4.69) is 9.82 Å². The molecule has 0 amide bonds. The second-order valence-corrected chi connectivity index (χ2v) is 3.01. The molecule has 82 valence electrons. The molecule has 2 rings (SSSR count). The van der Waals surface area contributed by atoms with Crippen molar-refractivity contribution in [1.82, 2.24) is 4.98 Å². The van der Waals surface area contributed by atoms with Crippen molar-refractivity contribution < 1.29 is 14.7 Å². The fourth-order valence-corrected chi connectivity index (χ4v) is 1.42. The molecule has 0 aliphatic rings. The molecule has 0 fully saturated rings. The molecule has 0 aliphatic heterocycles. The number of ether oxygens (including phenoxy) is 1. The first-order valence-corrected chi connectivity index (χ1v) is 4.46. The largest absolute Gasteiger partial charge is 0.496 e. The lowest BCUT2D eigenvalue weighted by atomic mass is 10.2. The lowest BCUT2D eigenvalue weighted by Gasteiger charge is -2.05. The Bertz CT molecular complexity index is 541. The predicted molar refractivity (Wildman–Crippen MR) is 55.9 cm³/mol. The number of nitrogens with zero attached hydrogens (tertiary/aromatic N) is 2. The van der Waals surface area contributed by atoms with Crippen LogP contribution in [0.2, 0.25) is 0 Å². The van der Waals surface area contributed by atoms with Crippen LogP contribution in [-0.4, -0.2) is 17.2 Å². The molecule has 0 saturated carbocycles. The third-order valence-corrected chi connectivity index (χ3v) is 2.07. The summed E-state index contributed by atoms with van der Waals surface area (Å²) in [6.45, 7) is 0. The highest BCUT2D eigenvalue weighted by atomic mass is 17.0. The minimum Gasteiger partial charge on any atom is -0.496 e. The van der Waals surface area contributed by atoms with Crippen molar-refractivity contribution in [3.63, 3.8) is 0 Å². The Kier molecular flexibility index (Phi) is 2.55. The Labute approximate surface area is 90.5 Å². The van der Waals surface area contributed by atoms with E-state index < -0.39 is 5.09 Å². The second-order valence-electron chi connectivity index (χ2n) is 3.01. The number of hydrogen-bond acceptors (Lipinski definition) is 5. The van der Waals surface area contributed by atoms with Crippen LogP contribution in [0.4, 0.5) is 0 Å². The van der Waals surface area contributed by atoms with Gasteiger partial charge < -0.3 is 4.74 Å². The van der Waals surface area contributed by atoms with E-state index >= 15 is 0 Å². The Hall–Kier alpha value is -2.37. The van der Waals surface area contributed by atoms with Gasteiger partial charge in [-0.2, -0.15) is 0 Å². The first-order valence-electron chi connectivity index (χ1n) is 4.46. The third kappa shape index (κ3) is 1.85. The van der Waals surface area contributed by atoms with Crippen LogP contribution in [0.3, 0.4) is 0 Å². The fourth-order valence-electron chi connectivity index (χ4n) is 1.42. The van der Waals surface area contributed by atoms with Crippen molar-refractivity contribution in [1.29, 1.82) is 0 Å². The Morgan fingerprint density at radius 2 is 2.19 bits per heavy atom. The van der Waals surface area contributed by atoms with Crippen molar-refractivity contribution in [2.45, 2.75) is 0 Å². The second kappa shape index (κ2) is 4.01. The van der Waals surface area contributed by atoms with Crippen molar-refractivity contribution in [2.24, 2.45) is 0 Å². The average Bonchev–Trinajstić information content (AvgIpc) is 2.27. The van der Waals surface area contributed by atoms with E-state index in [9.17, 15) is 10.1 Å². The molecule has 16 heavy (non-hydrogen) atoms. The lowest BCUT2D eigenvalue weighted by Crippen LogP contribution is -2.03. The van der Waals surface area contributed by atoms with Crippen molar-refractivity contribution in [3.8, 4) is 11.5 Å². The summed E-state index contributed by atoms with van der Waals surface area (Å²) < 4.78 is 5.12.